The molecule has 1 aliphatic carbocycles. The number of aryl methyl sites for hydroxylation is 1. The summed E-state index contributed by atoms with van der Waals surface area (Å²) in [6.45, 7) is 0.930. The van der Waals surface area contributed by atoms with Crippen LogP contribution in [0.3, 0.4) is 0 Å². The van der Waals surface area contributed by atoms with Crippen molar-refractivity contribution in [3.8, 4) is 39.9 Å². The van der Waals surface area contributed by atoms with Gasteiger partial charge in [-0.15, -0.1) is 0 Å². The summed E-state index contributed by atoms with van der Waals surface area (Å²) in [4.78, 5) is 4.57. The molecule has 10 nitrogen and oxygen atoms in total. The Kier molecular flexibility index (Phi) is 9.57. The fourth-order valence-corrected chi connectivity index (χ4v) is 8.56. The largest absolute Gasteiger partial charge is 0.508 e. The van der Waals surface area contributed by atoms with Crippen molar-refractivity contribution in [2.75, 3.05) is 40.6 Å². The topological polar surface area (TPSA) is 142 Å². The van der Waals surface area contributed by atoms with Crippen molar-refractivity contribution in [2.24, 2.45) is 4.99 Å². The molecular formula is C42H46N2O8. The number of aliphatic hydroxyl groups is 2. The summed E-state index contributed by atoms with van der Waals surface area (Å²) in [6.07, 6.45) is 5.23. The average Bonchev–Trinajstić information content (AvgIpc) is 3.64. The van der Waals surface area contributed by atoms with E-state index >= 15 is 0 Å². The van der Waals surface area contributed by atoms with E-state index in [2.05, 4.69) is 34.6 Å². The molecule has 4 aliphatic rings. The van der Waals surface area contributed by atoms with Crippen LogP contribution in [0, 0.1) is 0 Å². The molecule has 0 amide bonds. The van der Waals surface area contributed by atoms with Crippen LogP contribution < -0.4 is 30.1 Å². The Morgan fingerprint density at radius 3 is 2.65 bits per heavy atom. The quantitative estimate of drug-likeness (QED) is 0.147. The lowest BCUT2D eigenvalue weighted by molar-refractivity contribution is -0.0436. The number of hydrogen-bond acceptors (Lipinski definition) is 10. The molecule has 3 aliphatic heterocycles. The summed E-state index contributed by atoms with van der Waals surface area (Å²) in [5.74, 6) is 2.22. The van der Waals surface area contributed by atoms with Gasteiger partial charge in [0.15, 0.2) is 17.6 Å². The molecule has 4 atom stereocenters. The molecule has 52 heavy (non-hydrogen) atoms. The van der Waals surface area contributed by atoms with E-state index in [1.54, 1.807) is 6.07 Å². The number of nitrogens with zero attached hydrogens (tertiary/aromatic N) is 1. The lowest BCUT2D eigenvalue weighted by atomic mass is 9.72. The van der Waals surface area contributed by atoms with Gasteiger partial charge in [-0.1, -0.05) is 18.2 Å². The summed E-state index contributed by atoms with van der Waals surface area (Å²) >= 11 is 0. The Hall–Kier alpha value is -4.61. The molecule has 0 spiro atoms. The van der Waals surface area contributed by atoms with Crippen LogP contribution in [0.25, 0.3) is 17.2 Å². The standard InChI is InChI=1S/C42H46N2O8/c1-43-22-50-37-20-34-33-17-26(15-23-5-10-35-24(14-23)11-12-44-35)32-19-28(47)6-8-30(32)38(33)42-31(9-7-29(21-46)51-42)41(34)52-40(37)27-16-25(4-3-13-45)39(48)36(18-27)49-2/h5-6,8,10-11,14,16,18-19,26,29,37,40,43,45-48H,3-4,7,9,12-13,15,17,20-22H2,1-2H3. The molecule has 0 saturated carbocycles. The maximum atomic E-state index is 11.0. The molecule has 272 valence electrons. The van der Waals surface area contributed by atoms with E-state index < -0.39 is 6.10 Å². The molecule has 0 aromatic heterocycles. The van der Waals surface area contributed by atoms with Crippen LogP contribution in [0.2, 0.25) is 0 Å². The van der Waals surface area contributed by atoms with E-state index in [0.717, 1.165) is 67.4 Å². The van der Waals surface area contributed by atoms with Gasteiger partial charge in [0.1, 0.15) is 29.5 Å². The van der Waals surface area contributed by atoms with Crippen molar-refractivity contribution in [3.05, 3.63) is 98.1 Å². The highest BCUT2D eigenvalue weighted by molar-refractivity contribution is 5.85. The number of benzene rings is 4. The first-order valence-electron chi connectivity index (χ1n) is 18.3. The first-order chi connectivity index (χ1) is 25.4. The van der Waals surface area contributed by atoms with Gasteiger partial charge in [0.2, 0.25) is 0 Å². The molecule has 0 fully saturated rings. The summed E-state index contributed by atoms with van der Waals surface area (Å²) < 4.78 is 25.9. The van der Waals surface area contributed by atoms with Gasteiger partial charge in [0.05, 0.1) is 32.3 Å². The zero-order valence-electron chi connectivity index (χ0n) is 29.7. The molecule has 4 unspecified atom stereocenters. The van der Waals surface area contributed by atoms with Crippen LogP contribution in [-0.2, 0) is 36.8 Å². The van der Waals surface area contributed by atoms with Crippen LogP contribution in [0.15, 0.2) is 53.5 Å². The van der Waals surface area contributed by atoms with Crippen molar-refractivity contribution in [2.45, 2.75) is 69.2 Å². The third-order valence-electron chi connectivity index (χ3n) is 11.0. The third kappa shape index (κ3) is 6.17. The van der Waals surface area contributed by atoms with E-state index in [0.29, 0.717) is 63.1 Å². The minimum absolute atomic E-state index is 0.00371. The van der Waals surface area contributed by atoms with Gasteiger partial charge in [0, 0.05) is 29.7 Å². The summed E-state index contributed by atoms with van der Waals surface area (Å²) in [6, 6.07) is 15.9. The molecule has 10 heteroatoms. The maximum absolute atomic E-state index is 11.0. The molecule has 0 radical (unpaired) electrons. The maximum Gasteiger partial charge on any atom is 0.161 e. The SMILES string of the molecule is CNCOC1Cc2c3c(c4c(c2OC1c1cc(CCCO)c(O)c(OC)c1)CCC(CO)O4)-c1ccc(O)cc1C(Cc1ccc2c(c1)=CCN=2)C3. The number of rotatable bonds is 11. The Morgan fingerprint density at radius 2 is 1.85 bits per heavy atom. The van der Waals surface area contributed by atoms with Gasteiger partial charge in [-0.25, -0.2) is 0 Å². The third-order valence-corrected chi connectivity index (χ3v) is 11.0. The Labute approximate surface area is 303 Å². The lowest BCUT2D eigenvalue weighted by Crippen LogP contribution is -2.37. The van der Waals surface area contributed by atoms with Crippen molar-refractivity contribution < 1.29 is 39.4 Å². The predicted molar refractivity (Wildman–Crippen MR) is 196 cm³/mol. The Balaban J connectivity index is 1.29. The van der Waals surface area contributed by atoms with Gasteiger partial charge >= 0.3 is 0 Å². The number of phenolic OH excluding ortho intramolecular Hbond substituents is 2. The van der Waals surface area contributed by atoms with Crippen molar-refractivity contribution >= 4 is 6.08 Å². The highest BCUT2D eigenvalue weighted by Crippen LogP contribution is 2.56. The van der Waals surface area contributed by atoms with Gasteiger partial charge in [-0.2, -0.15) is 0 Å². The highest BCUT2D eigenvalue weighted by Gasteiger charge is 2.42. The molecule has 0 saturated heterocycles. The molecule has 4 aromatic carbocycles. The fraction of sp³-hybridized carbons (Fsp3) is 0.405. The van der Waals surface area contributed by atoms with Crippen LogP contribution in [0.4, 0.5) is 0 Å². The molecular weight excluding hydrogens is 660 g/mol. The Morgan fingerprint density at radius 1 is 0.962 bits per heavy atom. The van der Waals surface area contributed by atoms with E-state index in [-0.39, 0.29) is 42.8 Å². The number of fused-ring (bicyclic) bond motifs is 9. The van der Waals surface area contributed by atoms with Gasteiger partial charge in [-0.3, -0.25) is 10.3 Å². The van der Waals surface area contributed by atoms with E-state index in [1.165, 1.54) is 12.7 Å². The van der Waals surface area contributed by atoms with Crippen molar-refractivity contribution in [3.63, 3.8) is 0 Å². The second-order valence-corrected chi connectivity index (χ2v) is 14.2. The Bertz CT molecular complexity index is 2130. The first kappa shape index (κ1) is 34.5. The van der Waals surface area contributed by atoms with Crippen LogP contribution in [0.1, 0.15) is 63.8 Å². The fourth-order valence-electron chi connectivity index (χ4n) is 8.56. The molecule has 5 N–H and O–H groups in total. The summed E-state index contributed by atoms with van der Waals surface area (Å²) in [7, 11) is 3.38. The highest BCUT2D eigenvalue weighted by atomic mass is 16.6. The van der Waals surface area contributed by atoms with E-state index in [1.807, 2.05) is 31.3 Å². The summed E-state index contributed by atoms with van der Waals surface area (Å²) in [5.41, 5.74) is 9.00. The lowest BCUT2D eigenvalue weighted by Gasteiger charge is -2.41. The zero-order chi connectivity index (χ0) is 35.9. The number of ether oxygens (including phenoxy) is 4. The van der Waals surface area contributed by atoms with Crippen LogP contribution >= 0.6 is 0 Å². The predicted octanol–water partition coefficient (Wildman–Crippen LogP) is 3.92. The van der Waals surface area contributed by atoms with Crippen LogP contribution in [0.5, 0.6) is 28.7 Å². The number of aliphatic hydroxyl groups excluding tert-OH is 2. The minimum atomic E-state index is -0.530. The van der Waals surface area contributed by atoms with Gasteiger partial charge < -0.3 is 39.4 Å². The monoisotopic (exact) mass is 706 g/mol. The van der Waals surface area contributed by atoms with Crippen molar-refractivity contribution in [1.82, 2.24) is 5.32 Å². The van der Waals surface area contributed by atoms with Gasteiger partial charge in [0.25, 0.3) is 0 Å². The molecule has 3 heterocycles. The van der Waals surface area contributed by atoms with E-state index in [9.17, 15) is 20.4 Å². The number of nitrogens with one attached hydrogen (secondary N) is 1. The van der Waals surface area contributed by atoms with Crippen LogP contribution in [-0.4, -0.2) is 73.3 Å². The minimum Gasteiger partial charge on any atom is -0.508 e. The second kappa shape index (κ2) is 14.4. The van der Waals surface area contributed by atoms with Gasteiger partial charge in [-0.05, 0) is 126 Å². The molecule has 4 aromatic rings. The number of aromatic hydroxyl groups is 2. The van der Waals surface area contributed by atoms with Crippen molar-refractivity contribution in [1.29, 1.82) is 0 Å². The molecule has 0 bridgehead atoms. The average molecular weight is 707 g/mol. The smallest absolute Gasteiger partial charge is 0.161 e. The summed E-state index contributed by atoms with van der Waals surface area (Å²) in [5, 5.41) is 46.9. The first-order valence-corrected chi connectivity index (χ1v) is 18.3. The number of hydrogen-bond donors (Lipinski definition) is 5. The normalized spacial score (nSPS) is 20.9. The van der Waals surface area contributed by atoms with E-state index in [4.69, 9.17) is 18.9 Å². The zero-order valence-corrected chi connectivity index (χ0v) is 29.7. The number of phenols is 2. The number of methoxy groups -OCH3 is 1. The molecule has 8 rings (SSSR count). The second-order valence-electron chi connectivity index (χ2n) is 14.2.